The molecule has 1 saturated heterocycles. The van der Waals surface area contributed by atoms with Crippen LogP contribution in [0.15, 0.2) is 66.8 Å². The molecule has 2 aliphatic rings. The van der Waals surface area contributed by atoms with Crippen molar-refractivity contribution in [2.45, 2.75) is 4.82 Å². The van der Waals surface area contributed by atoms with Crippen molar-refractivity contribution in [2.24, 2.45) is 5.92 Å². The van der Waals surface area contributed by atoms with Crippen molar-refractivity contribution in [1.82, 2.24) is 0 Å². The molecule has 1 aliphatic carbocycles. The van der Waals surface area contributed by atoms with Crippen LogP contribution in [0.2, 0.25) is 4.82 Å². The summed E-state index contributed by atoms with van der Waals surface area (Å²) >= 11 is 0.158. The number of fused-ring (bicyclic) bond motifs is 2. The van der Waals surface area contributed by atoms with Crippen molar-refractivity contribution < 1.29 is 4.79 Å². The number of rotatable bonds is 1. The van der Waals surface area contributed by atoms with Gasteiger partial charge >= 0.3 is 124 Å². The molecule has 4 rings (SSSR count). The van der Waals surface area contributed by atoms with Gasteiger partial charge in [-0.05, 0) is 0 Å². The Labute approximate surface area is 124 Å². The van der Waals surface area contributed by atoms with Gasteiger partial charge in [0.15, 0.2) is 0 Å². The van der Waals surface area contributed by atoms with Crippen LogP contribution < -0.4 is 3.92 Å². The van der Waals surface area contributed by atoms with Gasteiger partial charge in [-0.1, -0.05) is 0 Å². The van der Waals surface area contributed by atoms with Crippen LogP contribution in [-0.4, -0.2) is 21.1 Å². The summed E-state index contributed by atoms with van der Waals surface area (Å²) in [6.45, 7) is 0. The van der Waals surface area contributed by atoms with Gasteiger partial charge in [-0.15, -0.1) is 0 Å². The van der Waals surface area contributed by atoms with Crippen LogP contribution in [0.1, 0.15) is 0 Å². The Morgan fingerprint density at radius 1 is 0.950 bits per heavy atom. The monoisotopic (exact) mass is 327 g/mol. The normalized spacial score (nSPS) is 24.4. The number of hydrogen-bond donors (Lipinski definition) is 0. The molecule has 2 atom stereocenters. The van der Waals surface area contributed by atoms with Crippen LogP contribution in [0.5, 0.6) is 0 Å². The average molecular weight is 326 g/mol. The Balaban J connectivity index is 1.74. The van der Waals surface area contributed by atoms with Crippen LogP contribution in [0.25, 0.3) is 10.8 Å². The van der Waals surface area contributed by atoms with Gasteiger partial charge in [0.25, 0.3) is 0 Å². The van der Waals surface area contributed by atoms with Gasteiger partial charge in [0.05, 0.1) is 0 Å². The Morgan fingerprint density at radius 3 is 2.60 bits per heavy atom. The Hall–Kier alpha value is -1.83. The molecule has 0 bridgehead atoms. The molecular weight excluding hydrogens is 313 g/mol. The first-order valence-corrected chi connectivity index (χ1v) is 8.43. The van der Waals surface area contributed by atoms with Crippen molar-refractivity contribution >= 4 is 37.5 Å². The number of benzene rings is 2. The summed E-state index contributed by atoms with van der Waals surface area (Å²) in [6, 6.07) is 14.6. The quantitative estimate of drug-likeness (QED) is 0.736. The third-order valence-electron chi connectivity index (χ3n) is 3.76. The van der Waals surface area contributed by atoms with E-state index in [0.717, 1.165) is 5.69 Å². The minimum absolute atomic E-state index is 0.0477. The van der Waals surface area contributed by atoms with Gasteiger partial charge in [0, 0.05) is 0 Å². The minimum atomic E-state index is 0.0477. The Morgan fingerprint density at radius 2 is 1.75 bits per heavy atom. The van der Waals surface area contributed by atoms with Crippen LogP contribution in [0.4, 0.5) is 5.69 Å². The third-order valence-corrected chi connectivity index (χ3v) is 6.48. The van der Waals surface area contributed by atoms with E-state index in [4.69, 9.17) is 0 Å². The summed E-state index contributed by atoms with van der Waals surface area (Å²) in [4.78, 5) is 12.9. The summed E-state index contributed by atoms with van der Waals surface area (Å²) < 4.78 is 1.98. The average Bonchev–Trinajstić information content (AvgIpc) is 2.84. The van der Waals surface area contributed by atoms with E-state index in [1.807, 2.05) is 28.2 Å². The van der Waals surface area contributed by atoms with Gasteiger partial charge in [-0.2, -0.15) is 0 Å². The number of carbonyl (C=O) groups is 1. The van der Waals surface area contributed by atoms with Crippen molar-refractivity contribution in [1.29, 1.82) is 0 Å². The number of anilines is 1. The molecule has 20 heavy (non-hydrogen) atoms. The molecule has 1 aliphatic heterocycles. The van der Waals surface area contributed by atoms with E-state index >= 15 is 0 Å². The molecule has 2 aromatic carbocycles. The molecule has 2 aromatic rings. The Bertz CT molecular complexity index is 749. The maximum atomic E-state index is 12.5. The van der Waals surface area contributed by atoms with Gasteiger partial charge in [0.1, 0.15) is 0 Å². The fourth-order valence-corrected chi connectivity index (χ4v) is 5.24. The summed E-state index contributed by atoms with van der Waals surface area (Å²) in [6.07, 6.45) is 8.25. The third kappa shape index (κ3) is 1.82. The van der Waals surface area contributed by atoms with Crippen molar-refractivity contribution in [3.63, 3.8) is 0 Å². The number of nitrogens with zero attached hydrogens (tertiary/aromatic N) is 1. The molecule has 0 N–H and O–H groups in total. The molecular formula is C17H13NOSe. The first-order valence-electron chi connectivity index (χ1n) is 6.67. The summed E-state index contributed by atoms with van der Waals surface area (Å²) in [5.74, 6) is 0.289. The van der Waals surface area contributed by atoms with Crippen molar-refractivity contribution in [3.05, 3.63) is 66.8 Å². The van der Waals surface area contributed by atoms with E-state index in [-0.39, 0.29) is 27.0 Å². The summed E-state index contributed by atoms with van der Waals surface area (Å²) in [5, 5.41) is 2.40. The molecule has 1 fully saturated rings. The van der Waals surface area contributed by atoms with Crippen LogP contribution >= 0.6 is 0 Å². The molecule has 3 heteroatoms. The van der Waals surface area contributed by atoms with Crippen LogP contribution in [0, 0.1) is 5.92 Å². The molecule has 0 saturated carbocycles. The van der Waals surface area contributed by atoms with E-state index in [0.29, 0.717) is 4.82 Å². The molecule has 0 spiro atoms. The summed E-state index contributed by atoms with van der Waals surface area (Å²) in [5.41, 5.74) is 1.03. The predicted molar refractivity (Wildman–Crippen MR) is 82.7 cm³/mol. The number of hydrogen-bond acceptors (Lipinski definition) is 1. The zero-order valence-electron chi connectivity index (χ0n) is 10.8. The fraction of sp³-hybridized carbons (Fsp3) is 0.118. The Kier molecular flexibility index (Phi) is 2.76. The van der Waals surface area contributed by atoms with E-state index < -0.39 is 0 Å². The van der Waals surface area contributed by atoms with Crippen molar-refractivity contribution in [3.8, 4) is 0 Å². The molecule has 1 amide bonds. The number of amides is 1. The van der Waals surface area contributed by atoms with E-state index in [9.17, 15) is 4.79 Å². The molecule has 98 valence electrons. The zero-order chi connectivity index (χ0) is 13.5. The van der Waals surface area contributed by atoms with E-state index in [1.54, 1.807) is 0 Å². The van der Waals surface area contributed by atoms with Gasteiger partial charge in [0.2, 0.25) is 0 Å². The van der Waals surface area contributed by atoms with Crippen LogP contribution in [0.3, 0.4) is 0 Å². The first kappa shape index (κ1) is 12.0. The number of allylic oxidation sites excluding steroid dienone is 3. The maximum absolute atomic E-state index is 12.5. The van der Waals surface area contributed by atoms with Gasteiger partial charge in [-0.25, -0.2) is 0 Å². The molecule has 2 nitrogen and oxygen atoms in total. The topological polar surface area (TPSA) is 20.3 Å². The van der Waals surface area contributed by atoms with Gasteiger partial charge in [-0.3, -0.25) is 0 Å². The second kappa shape index (κ2) is 4.62. The summed E-state index contributed by atoms with van der Waals surface area (Å²) in [7, 11) is 0. The second-order valence-electron chi connectivity index (χ2n) is 5.03. The second-order valence-corrected chi connectivity index (χ2v) is 7.38. The predicted octanol–water partition coefficient (Wildman–Crippen LogP) is 3.34. The zero-order valence-corrected chi connectivity index (χ0v) is 12.5. The van der Waals surface area contributed by atoms with Gasteiger partial charge < -0.3 is 0 Å². The molecule has 0 aromatic heterocycles. The van der Waals surface area contributed by atoms with Crippen molar-refractivity contribution in [2.75, 3.05) is 3.92 Å². The number of carbonyl (C=O) groups excluding carboxylic acids is 1. The SMILES string of the molecule is O=C1C2C=CC=CC2[Se]N1c1ccc2ccccc2c1. The first-order chi connectivity index (χ1) is 9.83. The molecule has 0 radical (unpaired) electrons. The standard InChI is InChI=1S/C17H13NOSe/c19-17-15-7-3-4-8-16(15)20-18(17)14-10-9-12-5-1-2-6-13(12)11-14/h1-11,15-16H. The molecule has 1 heterocycles. The van der Waals surface area contributed by atoms with E-state index in [1.165, 1.54) is 10.8 Å². The van der Waals surface area contributed by atoms with Crippen LogP contribution in [-0.2, 0) is 4.79 Å². The fourth-order valence-electron chi connectivity index (χ4n) is 2.71. The van der Waals surface area contributed by atoms with E-state index in [2.05, 4.69) is 42.5 Å². The molecule has 2 unspecified atom stereocenters.